The fourth-order valence-electron chi connectivity index (χ4n) is 3.66. The summed E-state index contributed by atoms with van der Waals surface area (Å²) < 4.78 is 37.7. The molecule has 2 amide bonds. The van der Waals surface area contributed by atoms with Crippen molar-refractivity contribution in [2.24, 2.45) is 0 Å². The first-order valence-electron chi connectivity index (χ1n) is 9.96. The zero-order valence-electron chi connectivity index (χ0n) is 16.7. The van der Waals surface area contributed by atoms with Crippen molar-refractivity contribution in [1.82, 2.24) is 14.9 Å². The average Bonchev–Trinajstić information content (AvgIpc) is 3.45. The Kier molecular flexibility index (Phi) is 6.10. The van der Waals surface area contributed by atoms with Crippen molar-refractivity contribution in [3.8, 4) is 11.5 Å². The van der Waals surface area contributed by atoms with Crippen LogP contribution in [0.1, 0.15) is 18.4 Å². The van der Waals surface area contributed by atoms with Crippen molar-refractivity contribution in [1.29, 1.82) is 0 Å². The van der Waals surface area contributed by atoms with E-state index in [9.17, 15) is 18.0 Å². The third-order valence-corrected chi connectivity index (χ3v) is 7.23. The molecule has 9 nitrogen and oxygen atoms in total. The standard InChI is InChI=1S/C21H23N3O6S/c25-20(22-12-15-8-9-18-19(11-15)30-14-29-18)21(26)23-13-16-5-4-10-24(16)31(27,28)17-6-2-1-3-7-17/h1-3,6-9,11,16H,4-5,10,12-14H2,(H,22,25)(H,23,26)/t16-/m0/s1. The molecule has 0 radical (unpaired) electrons. The predicted octanol–water partition coefficient (Wildman–Crippen LogP) is 1.00. The Labute approximate surface area is 180 Å². The normalized spacial score (nSPS) is 18.0. The molecule has 0 spiro atoms. The van der Waals surface area contributed by atoms with Crippen LogP contribution in [0.5, 0.6) is 11.5 Å². The molecule has 1 fully saturated rings. The number of carbonyl (C=O) groups excluding carboxylic acids is 2. The first-order valence-corrected chi connectivity index (χ1v) is 11.4. The average molecular weight is 445 g/mol. The minimum absolute atomic E-state index is 0.0718. The molecule has 2 aliphatic heterocycles. The Morgan fingerprint density at radius 2 is 1.74 bits per heavy atom. The molecule has 2 aromatic rings. The summed E-state index contributed by atoms with van der Waals surface area (Å²) in [6, 6.07) is 13.1. The van der Waals surface area contributed by atoms with E-state index >= 15 is 0 Å². The van der Waals surface area contributed by atoms with Crippen molar-refractivity contribution in [2.75, 3.05) is 19.9 Å². The molecule has 0 unspecified atom stereocenters. The van der Waals surface area contributed by atoms with Gasteiger partial charge >= 0.3 is 11.8 Å². The van der Waals surface area contributed by atoms with Gasteiger partial charge in [-0.15, -0.1) is 0 Å². The number of benzene rings is 2. The van der Waals surface area contributed by atoms with Gasteiger partial charge in [0.05, 0.1) is 4.90 Å². The second-order valence-corrected chi connectivity index (χ2v) is 9.20. The van der Waals surface area contributed by atoms with Gasteiger partial charge in [0.25, 0.3) is 0 Å². The van der Waals surface area contributed by atoms with Crippen molar-refractivity contribution in [2.45, 2.75) is 30.3 Å². The SMILES string of the molecule is O=C(NCc1ccc2c(c1)OCO2)C(=O)NC[C@@H]1CCCN1S(=O)(=O)c1ccccc1. The summed E-state index contributed by atoms with van der Waals surface area (Å²) in [7, 11) is -3.65. The lowest BCUT2D eigenvalue weighted by atomic mass is 10.2. The fourth-order valence-corrected chi connectivity index (χ4v) is 5.38. The van der Waals surface area contributed by atoms with E-state index in [0.717, 1.165) is 5.56 Å². The van der Waals surface area contributed by atoms with Crippen molar-refractivity contribution in [3.63, 3.8) is 0 Å². The Morgan fingerprint density at radius 3 is 2.55 bits per heavy atom. The van der Waals surface area contributed by atoms with Crippen LogP contribution in [0.15, 0.2) is 53.4 Å². The van der Waals surface area contributed by atoms with Crippen molar-refractivity contribution >= 4 is 21.8 Å². The molecule has 0 bridgehead atoms. The summed E-state index contributed by atoms with van der Waals surface area (Å²) in [4.78, 5) is 24.6. The van der Waals surface area contributed by atoms with E-state index in [1.165, 1.54) is 4.31 Å². The molecule has 164 valence electrons. The molecular weight excluding hydrogens is 422 g/mol. The third-order valence-electron chi connectivity index (χ3n) is 5.27. The highest BCUT2D eigenvalue weighted by Crippen LogP contribution is 2.32. The van der Waals surface area contributed by atoms with E-state index in [2.05, 4.69) is 10.6 Å². The number of ether oxygens (including phenoxy) is 2. The van der Waals surface area contributed by atoms with Gasteiger partial charge in [-0.05, 0) is 42.7 Å². The maximum atomic E-state index is 12.9. The zero-order valence-corrected chi connectivity index (χ0v) is 17.6. The second kappa shape index (κ2) is 8.94. The molecule has 0 aliphatic carbocycles. The molecule has 1 saturated heterocycles. The first-order chi connectivity index (χ1) is 14.9. The second-order valence-electron chi connectivity index (χ2n) is 7.31. The number of hydrogen-bond donors (Lipinski definition) is 2. The Balaban J connectivity index is 1.30. The van der Waals surface area contributed by atoms with Gasteiger partial charge in [-0.25, -0.2) is 8.42 Å². The summed E-state index contributed by atoms with van der Waals surface area (Å²) >= 11 is 0. The van der Waals surface area contributed by atoms with Crippen LogP contribution in [0.2, 0.25) is 0 Å². The van der Waals surface area contributed by atoms with Crippen LogP contribution < -0.4 is 20.1 Å². The summed E-state index contributed by atoms with van der Waals surface area (Å²) in [6.45, 7) is 0.767. The van der Waals surface area contributed by atoms with Crippen molar-refractivity contribution in [3.05, 3.63) is 54.1 Å². The smallest absolute Gasteiger partial charge is 0.309 e. The van der Waals surface area contributed by atoms with Gasteiger partial charge < -0.3 is 20.1 Å². The van der Waals surface area contributed by atoms with Gasteiger partial charge in [0.2, 0.25) is 16.8 Å². The molecule has 1 atom stereocenters. The quantitative estimate of drug-likeness (QED) is 0.642. The third kappa shape index (κ3) is 4.64. The molecule has 0 saturated carbocycles. The number of sulfonamides is 1. The van der Waals surface area contributed by atoms with E-state index in [1.54, 1.807) is 48.5 Å². The maximum Gasteiger partial charge on any atom is 0.309 e. The Bertz CT molecular complexity index is 1070. The number of hydrogen-bond acceptors (Lipinski definition) is 6. The summed E-state index contributed by atoms with van der Waals surface area (Å²) in [5, 5.41) is 5.11. The molecule has 0 aromatic heterocycles. The lowest BCUT2D eigenvalue weighted by molar-refractivity contribution is -0.139. The van der Waals surface area contributed by atoms with Crippen LogP contribution in [-0.2, 0) is 26.2 Å². The molecule has 31 heavy (non-hydrogen) atoms. The minimum Gasteiger partial charge on any atom is -0.454 e. The van der Waals surface area contributed by atoms with Gasteiger partial charge in [0.15, 0.2) is 11.5 Å². The van der Waals surface area contributed by atoms with E-state index in [0.29, 0.717) is 30.9 Å². The van der Waals surface area contributed by atoms with Crippen LogP contribution in [0, 0.1) is 0 Å². The van der Waals surface area contributed by atoms with E-state index < -0.39 is 27.9 Å². The number of nitrogens with zero attached hydrogens (tertiary/aromatic N) is 1. The Morgan fingerprint density at radius 1 is 1.00 bits per heavy atom. The molecule has 4 rings (SSSR count). The molecule has 10 heteroatoms. The lowest BCUT2D eigenvalue weighted by Crippen LogP contribution is -2.46. The van der Waals surface area contributed by atoms with Crippen LogP contribution >= 0.6 is 0 Å². The Hall–Kier alpha value is -3.11. The van der Waals surface area contributed by atoms with Crippen LogP contribution in [0.4, 0.5) is 0 Å². The summed E-state index contributed by atoms with van der Waals surface area (Å²) in [6.07, 6.45) is 1.31. The topological polar surface area (TPSA) is 114 Å². The molecular formula is C21H23N3O6S. The minimum atomic E-state index is -3.65. The molecule has 2 N–H and O–H groups in total. The van der Waals surface area contributed by atoms with Gasteiger partial charge in [0, 0.05) is 25.7 Å². The van der Waals surface area contributed by atoms with E-state index in [1.807, 2.05) is 0 Å². The van der Waals surface area contributed by atoms with Gasteiger partial charge in [-0.1, -0.05) is 24.3 Å². The van der Waals surface area contributed by atoms with Crippen molar-refractivity contribution < 1.29 is 27.5 Å². The van der Waals surface area contributed by atoms with Crippen LogP contribution in [-0.4, -0.2) is 50.5 Å². The lowest BCUT2D eigenvalue weighted by Gasteiger charge is -2.24. The maximum absolute atomic E-state index is 12.9. The fraction of sp³-hybridized carbons (Fsp3) is 0.333. The summed E-state index contributed by atoms with van der Waals surface area (Å²) in [5.41, 5.74) is 0.765. The largest absolute Gasteiger partial charge is 0.454 e. The molecule has 2 aromatic carbocycles. The highest BCUT2D eigenvalue weighted by molar-refractivity contribution is 7.89. The van der Waals surface area contributed by atoms with Crippen LogP contribution in [0.3, 0.4) is 0 Å². The molecule has 2 aliphatic rings. The highest BCUT2D eigenvalue weighted by Gasteiger charge is 2.35. The van der Waals surface area contributed by atoms with E-state index in [-0.39, 0.29) is 24.8 Å². The van der Waals surface area contributed by atoms with Gasteiger partial charge in [0.1, 0.15) is 0 Å². The van der Waals surface area contributed by atoms with Gasteiger partial charge in [-0.3, -0.25) is 9.59 Å². The number of fused-ring (bicyclic) bond motifs is 1. The first kappa shape index (κ1) is 21.1. The van der Waals surface area contributed by atoms with E-state index in [4.69, 9.17) is 9.47 Å². The monoisotopic (exact) mass is 445 g/mol. The highest BCUT2D eigenvalue weighted by atomic mass is 32.2. The number of rotatable bonds is 6. The van der Waals surface area contributed by atoms with Gasteiger partial charge in [-0.2, -0.15) is 4.31 Å². The van der Waals surface area contributed by atoms with Crippen LogP contribution in [0.25, 0.3) is 0 Å². The zero-order chi connectivity index (χ0) is 21.8. The predicted molar refractivity (Wildman–Crippen MR) is 111 cm³/mol. The molecule has 2 heterocycles. The number of carbonyl (C=O) groups is 2. The number of nitrogens with one attached hydrogen (secondary N) is 2. The summed E-state index contributed by atoms with van der Waals surface area (Å²) in [5.74, 6) is -0.352. The number of amides is 2.